The molecule has 1 fully saturated rings. The van der Waals surface area contributed by atoms with Crippen LogP contribution in [0.5, 0.6) is 0 Å². The van der Waals surface area contributed by atoms with Crippen molar-refractivity contribution >= 4 is 11.8 Å². The number of piperazine rings is 1. The Bertz CT molecular complexity index is 308. The van der Waals surface area contributed by atoms with Crippen LogP contribution in [-0.2, 0) is 19.1 Å². The second-order valence-corrected chi connectivity index (χ2v) is 4.57. The van der Waals surface area contributed by atoms with Crippen molar-refractivity contribution in [1.82, 2.24) is 10.2 Å². The van der Waals surface area contributed by atoms with E-state index in [1.165, 1.54) is 0 Å². The maximum Gasteiger partial charge on any atom is 0.248 e. The molecule has 1 heterocycles. The number of rotatable bonds is 7. The van der Waals surface area contributed by atoms with Gasteiger partial charge in [-0.05, 0) is 13.3 Å². The summed E-state index contributed by atoms with van der Waals surface area (Å²) in [7, 11) is 1.61. The number of nitrogens with one attached hydrogen (secondary N) is 1. The molecule has 0 bridgehead atoms. The molecule has 1 atom stereocenters. The van der Waals surface area contributed by atoms with Crippen molar-refractivity contribution in [2.45, 2.75) is 25.8 Å². The first-order valence-corrected chi connectivity index (χ1v) is 6.20. The third kappa shape index (κ3) is 3.68. The predicted octanol–water partition coefficient (Wildman–Crippen LogP) is -0.223. The standard InChI is InChI=1S/C12H22N2O4/c1-4-12(2)11(16)14(9-10(15)13-12)5-6-18-8-7-17-3/h4-9H2,1-3H3,(H,13,15). The first-order valence-electron chi connectivity index (χ1n) is 6.20. The van der Waals surface area contributed by atoms with E-state index in [1.807, 2.05) is 6.92 Å². The summed E-state index contributed by atoms with van der Waals surface area (Å²) in [6.07, 6.45) is 0.582. The van der Waals surface area contributed by atoms with E-state index in [1.54, 1.807) is 18.9 Å². The average molecular weight is 258 g/mol. The molecule has 0 aromatic rings. The Balaban J connectivity index is 2.44. The summed E-state index contributed by atoms with van der Waals surface area (Å²) in [6, 6.07) is 0. The Kier molecular flexibility index (Phi) is 5.55. The van der Waals surface area contributed by atoms with Crippen molar-refractivity contribution in [1.29, 1.82) is 0 Å². The van der Waals surface area contributed by atoms with Gasteiger partial charge < -0.3 is 19.7 Å². The molecule has 1 saturated heterocycles. The fourth-order valence-electron chi connectivity index (χ4n) is 1.83. The van der Waals surface area contributed by atoms with Crippen molar-refractivity contribution in [3.8, 4) is 0 Å². The van der Waals surface area contributed by atoms with Gasteiger partial charge in [-0.15, -0.1) is 0 Å². The lowest BCUT2D eigenvalue weighted by Crippen LogP contribution is -2.65. The van der Waals surface area contributed by atoms with Gasteiger partial charge in [0.1, 0.15) is 5.54 Å². The Morgan fingerprint density at radius 1 is 1.33 bits per heavy atom. The van der Waals surface area contributed by atoms with E-state index in [-0.39, 0.29) is 18.4 Å². The van der Waals surface area contributed by atoms with Crippen LogP contribution in [0.15, 0.2) is 0 Å². The quantitative estimate of drug-likeness (QED) is 0.641. The second kappa shape index (κ2) is 6.70. The monoisotopic (exact) mass is 258 g/mol. The minimum Gasteiger partial charge on any atom is -0.382 e. The van der Waals surface area contributed by atoms with Gasteiger partial charge in [0.15, 0.2) is 0 Å². The van der Waals surface area contributed by atoms with Crippen molar-refractivity contribution in [2.75, 3.05) is 40.0 Å². The number of methoxy groups -OCH3 is 1. The van der Waals surface area contributed by atoms with Gasteiger partial charge in [0.25, 0.3) is 0 Å². The molecular formula is C12H22N2O4. The summed E-state index contributed by atoms with van der Waals surface area (Å²) in [5.41, 5.74) is -0.776. The highest BCUT2D eigenvalue weighted by Crippen LogP contribution is 2.17. The molecule has 104 valence electrons. The van der Waals surface area contributed by atoms with Crippen LogP contribution in [0.4, 0.5) is 0 Å². The molecule has 0 aromatic heterocycles. The van der Waals surface area contributed by atoms with Crippen molar-refractivity contribution in [2.24, 2.45) is 0 Å². The summed E-state index contributed by atoms with van der Waals surface area (Å²) in [6.45, 7) is 5.63. The average Bonchev–Trinajstić information content (AvgIpc) is 2.34. The SMILES string of the molecule is CCC1(C)NC(=O)CN(CCOCCOC)C1=O. The number of nitrogens with zero attached hydrogens (tertiary/aromatic N) is 1. The maximum atomic E-state index is 12.2. The fourth-order valence-corrected chi connectivity index (χ4v) is 1.83. The van der Waals surface area contributed by atoms with Gasteiger partial charge in [-0.2, -0.15) is 0 Å². The molecule has 0 radical (unpaired) electrons. The molecule has 1 rings (SSSR count). The third-order valence-electron chi connectivity index (χ3n) is 3.15. The number of carbonyl (C=O) groups excluding carboxylic acids is 2. The van der Waals surface area contributed by atoms with Crippen LogP contribution in [0.2, 0.25) is 0 Å². The zero-order valence-corrected chi connectivity index (χ0v) is 11.3. The summed E-state index contributed by atoms with van der Waals surface area (Å²) in [5.74, 6) is -0.157. The minimum atomic E-state index is -0.776. The topological polar surface area (TPSA) is 67.9 Å². The van der Waals surface area contributed by atoms with Crippen LogP contribution >= 0.6 is 0 Å². The zero-order chi connectivity index (χ0) is 13.6. The molecule has 0 saturated carbocycles. The first-order chi connectivity index (χ1) is 8.53. The number of hydrogen-bond acceptors (Lipinski definition) is 4. The number of ether oxygens (including phenoxy) is 2. The lowest BCUT2D eigenvalue weighted by molar-refractivity contribution is -0.150. The van der Waals surface area contributed by atoms with Gasteiger partial charge in [0.05, 0.1) is 26.4 Å². The molecule has 0 aromatic carbocycles. The lowest BCUT2D eigenvalue weighted by atomic mass is 9.94. The highest BCUT2D eigenvalue weighted by Gasteiger charge is 2.41. The zero-order valence-electron chi connectivity index (χ0n) is 11.3. The summed E-state index contributed by atoms with van der Waals surface area (Å²) in [5, 5.41) is 2.74. The maximum absolute atomic E-state index is 12.2. The summed E-state index contributed by atoms with van der Waals surface area (Å²) >= 11 is 0. The van der Waals surface area contributed by atoms with Crippen molar-refractivity contribution < 1.29 is 19.1 Å². The molecule has 1 unspecified atom stereocenters. The summed E-state index contributed by atoms with van der Waals surface area (Å²) in [4.78, 5) is 25.3. The number of amides is 2. The van der Waals surface area contributed by atoms with Crippen LogP contribution in [-0.4, -0.2) is 62.3 Å². The largest absolute Gasteiger partial charge is 0.382 e. The van der Waals surface area contributed by atoms with E-state index in [0.29, 0.717) is 32.8 Å². The van der Waals surface area contributed by atoms with Gasteiger partial charge in [0, 0.05) is 13.7 Å². The van der Waals surface area contributed by atoms with Crippen LogP contribution in [0.25, 0.3) is 0 Å². The van der Waals surface area contributed by atoms with E-state index >= 15 is 0 Å². The summed E-state index contributed by atoms with van der Waals surface area (Å²) < 4.78 is 10.2. The highest BCUT2D eigenvalue weighted by molar-refractivity contribution is 5.97. The smallest absolute Gasteiger partial charge is 0.248 e. The van der Waals surface area contributed by atoms with Gasteiger partial charge in [-0.25, -0.2) is 0 Å². The fraction of sp³-hybridized carbons (Fsp3) is 0.833. The Morgan fingerprint density at radius 3 is 2.67 bits per heavy atom. The van der Waals surface area contributed by atoms with E-state index < -0.39 is 5.54 Å². The highest BCUT2D eigenvalue weighted by atomic mass is 16.5. The van der Waals surface area contributed by atoms with E-state index in [0.717, 1.165) is 0 Å². The number of carbonyl (C=O) groups is 2. The molecule has 6 heteroatoms. The van der Waals surface area contributed by atoms with Gasteiger partial charge in [-0.1, -0.05) is 6.92 Å². The molecule has 18 heavy (non-hydrogen) atoms. The van der Waals surface area contributed by atoms with Gasteiger partial charge in [-0.3, -0.25) is 9.59 Å². The molecular weight excluding hydrogens is 236 g/mol. The Hall–Kier alpha value is -1.14. The lowest BCUT2D eigenvalue weighted by Gasteiger charge is -2.39. The molecule has 6 nitrogen and oxygen atoms in total. The minimum absolute atomic E-state index is 0.0417. The van der Waals surface area contributed by atoms with Crippen molar-refractivity contribution in [3.63, 3.8) is 0 Å². The van der Waals surface area contributed by atoms with Gasteiger partial charge >= 0.3 is 0 Å². The molecule has 0 aliphatic carbocycles. The molecule has 1 aliphatic heterocycles. The van der Waals surface area contributed by atoms with E-state index in [4.69, 9.17) is 9.47 Å². The Morgan fingerprint density at radius 2 is 2.06 bits per heavy atom. The molecule has 1 aliphatic rings. The third-order valence-corrected chi connectivity index (χ3v) is 3.15. The second-order valence-electron chi connectivity index (χ2n) is 4.57. The first kappa shape index (κ1) is 14.9. The van der Waals surface area contributed by atoms with E-state index in [9.17, 15) is 9.59 Å². The van der Waals surface area contributed by atoms with Gasteiger partial charge in [0.2, 0.25) is 11.8 Å². The normalized spacial score (nSPS) is 24.3. The molecule has 0 spiro atoms. The molecule has 2 amide bonds. The molecule has 1 N–H and O–H groups in total. The van der Waals surface area contributed by atoms with Crippen LogP contribution in [0.3, 0.4) is 0 Å². The van der Waals surface area contributed by atoms with E-state index in [2.05, 4.69) is 5.32 Å². The number of hydrogen-bond donors (Lipinski definition) is 1. The predicted molar refractivity (Wildman–Crippen MR) is 66.1 cm³/mol. The Labute approximate surface area is 108 Å². The van der Waals surface area contributed by atoms with Crippen LogP contribution in [0.1, 0.15) is 20.3 Å². The van der Waals surface area contributed by atoms with Crippen LogP contribution in [0, 0.1) is 0 Å². The van der Waals surface area contributed by atoms with Crippen molar-refractivity contribution in [3.05, 3.63) is 0 Å². The van der Waals surface area contributed by atoms with Crippen LogP contribution < -0.4 is 5.32 Å².